The fourth-order valence-corrected chi connectivity index (χ4v) is 3.96. The molecule has 1 aliphatic heterocycles. The van der Waals surface area contributed by atoms with E-state index in [0.717, 1.165) is 18.1 Å². The van der Waals surface area contributed by atoms with Gasteiger partial charge in [-0.2, -0.15) is 0 Å². The third-order valence-corrected chi connectivity index (χ3v) is 5.37. The van der Waals surface area contributed by atoms with Gasteiger partial charge in [-0.05, 0) is 37.5 Å². The highest BCUT2D eigenvalue weighted by atomic mass is 35.5. The molecular formula is C17H25ClN2. The molecule has 0 radical (unpaired) electrons. The molecule has 1 N–H and O–H groups in total. The number of benzene rings is 1. The summed E-state index contributed by atoms with van der Waals surface area (Å²) >= 11 is 6.00. The number of rotatable bonds is 2. The fraction of sp³-hybridized carbons (Fsp3) is 0.647. The van der Waals surface area contributed by atoms with Crippen LogP contribution in [0.15, 0.2) is 24.3 Å². The summed E-state index contributed by atoms with van der Waals surface area (Å²) in [6.45, 7) is 5.78. The first-order valence-electron chi connectivity index (χ1n) is 7.93. The predicted octanol–water partition coefficient (Wildman–Crippen LogP) is 4.01. The van der Waals surface area contributed by atoms with Crippen molar-refractivity contribution < 1.29 is 0 Å². The number of nitrogens with one attached hydrogen (secondary N) is 1. The number of nitrogens with zero attached hydrogens (tertiary/aromatic N) is 1. The van der Waals surface area contributed by atoms with Gasteiger partial charge in [-0.1, -0.05) is 43.0 Å². The van der Waals surface area contributed by atoms with Crippen LogP contribution in [-0.2, 0) is 0 Å². The Bertz CT molecular complexity index is 431. The van der Waals surface area contributed by atoms with E-state index >= 15 is 0 Å². The Morgan fingerprint density at radius 3 is 2.55 bits per heavy atom. The highest BCUT2D eigenvalue weighted by Crippen LogP contribution is 2.33. The molecule has 1 aliphatic carbocycles. The average Bonchev–Trinajstić information content (AvgIpc) is 2.48. The van der Waals surface area contributed by atoms with Crippen LogP contribution in [0.4, 0.5) is 0 Å². The molecule has 2 fully saturated rings. The Morgan fingerprint density at radius 2 is 1.85 bits per heavy atom. The van der Waals surface area contributed by atoms with Gasteiger partial charge in [0.2, 0.25) is 0 Å². The van der Waals surface area contributed by atoms with Crippen molar-refractivity contribution in [2.24, 2.45) is 0 Å². The number of hydrogen-bond donors (Lipinski definition) is 1. The maximum Gasteiger partial charge on any atom is 0.0406 e. The molecule has 1 aromatic carbocycles. The lowest BCUT2D eigenvalue weighted by Gasteiger charge is -2.48. The van der Waals surface area contributed by atoms with Crippen molar-refractivity contribution in [3.8, 4) is 0 Å². The van der Waals surface area contributed by atoms with Gasteiger partial charge in [-0.25, -0.2) is 0 Å². The van der Waals surface area contributed by atoms with Crippen molar-refractivity contribution in [1.82, 2.24) is 10.2 Å². The van der Waals surface area contributed by atoms with Gasteiger partial charge in [0.1, 0.15) is 0 Å². The zero-order valence-corrected chi connectivity index (χ0v) is 13.1. The van der Waals surface area contributed by atoms with Crippen LogP contribution < -0.4 is 5.32 Å². The fourth-order valence-electron chi connectivity index (χ4n) is 3.83. The minimum absolute atomic E-state index is 0.386. The van der Waals surface area contributed by atoms with Gasteiger partial charge in [0.05, 0.1) is 0 Å². The van der Waals surface area contributed by atoms with Crippen molar-refractivity contribution in [3.05, 3.63) is 34.9 Å². The molecule has 3 rings (SSSR count). The van der Waals surface area contributed by atoms with Crippen molar-refractivity contribution >= 4 is 11.6 Å². The molecule has 0 bridgehead atoms. The lowest BCUT2D eigenvalue weighted by Crippen LogP contribution is -2.61. The Balaban J connectivity index is 1.71. The standard InChI is InChI=1S/C17H25ClN2/c1-14(15-5-7-16(18)8-6-15)20-12-11-19-17(13-20)9-3-2-4-10-17/h5-8,14,19H,2-4,9-13H2,1H3. The lowest BCUT2D eigenvalue weighted by molar-refractivity contribution is 0.0730. The zero-order valence-electron chi connectivity index (χ0n) is 12.4. The Labute approximate surface area is 127 Å². The van der Waals surface area contributed by atoms with Crippen LogP contribution >= 0.6 is 11.6 Å². The third-order valence-electron chi connectivity index (χ3n) is 5.12. The van der Waals surface area contributed by atoms with Gasteiger partial charge in [-0.15, -0.1) is 0 Å². The van der Waals surface area contributed by atoms with Crippen LogP contribution in [-0.4, -0.2) is 30.1 Å². The predicted molar refractivity (Wildman–Crippen MR) is 85.3 cm³/mol. The smallest absolute Gasteiger partial charge is 0.0406 e. The van der Waals surface area contributed by atoms with Crippen LogP contribution in [0.3, 0.4) is 0 Å². The first-order valence-corrected chi connectivity index (χ1v) is 8.31. The van der Waals surface area contributed by atoms with Crippen LogP contribution in [0.1, 0.15) is 50.6 Å². The minimum atomic E-state index is 0.386. The van der Waals surface area contributed by atoms with Crippen molar-refractivity contribution in [2.75, 3.05) is 19.6 Å². The van der Waals surface area contributed by atoms with Gasteiger partial charge < -0.3 is 5.32 Å². The van der Waals surface area contributed by atoms with Crippen molar-refractivity contribution in [2.45, 2.75) is 50.6 Å². The van der Waals surface area contributed by atoms with E-state index in [4.69, 9.17) is 11.6 Å². The second kappa shape index (κ2) is 6.05. The van der Waals surface area contributed by atoms with Gasteiger partial charge in [0.25, 0.3) is 0 Å². The number of halogens is 1. The quantitative estimate of drug-likeness (QED) is 0.886. The first kappa shape index (κ1) is 14.4. The van der Waals surface area contributed by atoms with E-state index < -0.39 is 0 Å². The molecule has 2 aliphatic rings. The van der Waals surface area contributed by atoms with Gasteiger partial charge in [-0.3, -0.25) is 4.90 Å². The maximum absolute atomic E-state index is 6.00. The summed E-state index contributed by atoms with van der Waals surface area (Å²) in [5.74, 6) is 0. The summed E-state index contributed by atoms with van der Waals surface area (Å²) in [5.41, 5.74) is 1.76. The molecule has 1 saturated heterocycles. The Morgan fingerprint density at radius 1 is 1.15 bits per heavy atom. The molecular weight excluding hydrogens is 268 g/mol. The van der Waals surface area contributed by atoms with E-state index in [1.165, 1.54) is 44.2 Å². The second-order valence-corrected chi connectivity index (χ2v) is 6.90. The molecule has 1 saturated carbocycles. The topological polar surface area (TPSA) is 15.3 Å². The highest BCUT2D eigenvalue weighted by molar-refractivity contribution is 6.30. The zero-order chi connectivity index (χ0) is 14.0. The summed E-state index contributed by atoms with van der Waals surface area (Å²) in [4.78, 5) is 2.64. The molecule has 20 heavy (non-hydrogen) atoms. The van der Waals surface area contributed by atoms with E-state index in [9.17, 15) is 0 Å². The Hall–Kier alpha value is -0.570. The molecule has 110 valence electrons. The van der Waals surface area contributed by atoms with E-state index in [1.807, 2.05) is 12.1 Å². The molecule has 0 amide bonds. The monoisotopic (exact) mass is 292 g/mol. The van der Waals surface area contributed by atoms with Gasteiger partial charge in [0, 0.05) is 36.2 Å². The molecule has 1 atom stereocenters. The van der Waals surface area contributed by atoms with Crippen molar-refractivity contribution in [1.29, 1.82) is 0 Å². The largest absolute Gasteiger partial charge is 0.309 e. The summed E-state index contributed by atoms with van der Waals surface area (Å²) in [6, 6.07) is 8.83. The number of piperazine rings is 1. The number of hydrogen-bond acceptors (Lipinski definition) is 2. The maximum atomic E-state index is 6.00. The van der Waals surface area contributed by atoms with Crippen LogP contribution in [0.2, 0.25) is 5.02 Å². The SMILES string of the molecule is CC(c1ccc(Cl)cc1)N1CCNC2(CCCCC2)C1. The summed E-state index contributed by atoms with van der Waals surface area (Å²) in [7, 11) is 0. The van der Waals surface area contributed by atoms with Crippen LogP contribution in [0.5, 0.6) is 0 Å². The van der Waals surface area contributed by atoms with Crippen LogP contribution in [0.25, 0.3) is 0 Å². The minimum Gasteiger partial charge on any atom is -0.309 e. The molecule has 1 spiro atoms. The molecule has 3 heteroatoms. The molecule has 0 aromatic heterocycles. The normalized spacial score (nSPS) is 24.7. The van der Waals surface area contributed by atoms with Gasteiger partial charge in [0.15, 0.2) is 0 Å². The van der Waals surface area contributed by atoms with E-state index in [2.05, 4.69) is 29.3 Å². The second-order valence-electron chi connectivity index (χ2n) is 6.47. The summed E-state index contributed by atoms with van der Waals surface area (Å²) < 4.78 is 0. The molecule has 1 unspecified atom stereocenters. The molecule has 1 heterocycles. The van der Waals surface area contributed by atoms with Crippen molar-refractivity contribution in [3.63, 3.8) is 0 Å². The molecule has 2 nitrogen and oxygen atoms in total. The van der Waals surface area contributed by atoms with Crippen LogP contribution in [0, 0.1) is 0 Å². The lowest BCUT2D eigenvalue weighted by atomic mass is 9.79. The highest BCUT2D eigenvalue weighted by Gasteiger charge is 2.37. The Kier molecular flexibility index (Phi) is 4.34. The third kappa shape index (κ3) is 3.03. The molecule has 1 aromatic rings. The van der Waals surface area contributed by atoms with E-state index in [1.54, 1.807) is 0 Å². The first-order chi connectivity index (χ1) is 9.69. The van der Waals surface area contributed by atoms with E-state index in [-0.39, 0.29) is 0 Å². The summed E-state index contributed by atoms with van der Waals surface area (Å²) in [6.07, 6.45) is 6.87. The van der Waals surface area contributed by atoms with E-state index in [0.29, 0.717) is 11.6 Å². The summed E-state index contributed by atoms with van der Waals surface area (Å²) in [5, 5.41) is 4.64. The van der Waals surface area contributed by atoms with Gasteiger partial charge >= 0.3 is 0 Å². The average molecular weight is 293 g/mol.